The molecule has 5 nitrogen and oxygen atoms in total. The molecule has 0 amide bonds. The first-order valence-electron chi connectivity index (χ1n) is 7.20. The van der Waals surface area contributed by atoms with Gasteiger partial charge in [0.05, 0.1) is 5.71 Å². The molecular weight excluding hydrogens is 280 g/mol. The number of aromatic nitrogens is 1. The second kappa shape index (κ2) is 6.25. The molecule has 1 aromatic carbocycles. The fourth-order valence-electron chi connectivity index (χ4n) is 2.80. The van der Waals surface area contributed by atoms with E-state index in [1.807, 2.05) is 18.2 Å². The maximum atomic E-state index is 10.4. The van der Waals surface area contributed by atoms with E-state index in [2.05, 4.69) is 10.1 Å². The lowest BCUT2D eigenvalue weighted by molar-refractivity contribution is 0.0171. The van der Waals surface area contributed by atoms with Crippen LogP contribution in [0.4, 0.5) is 0 Å². The minimum Gasteiger partial charge on any atom is -0.399 e. The third kappa shape index (κ3) is 2.73. The predicted octanol–water partition coefficient (Wildman–Crippen LogP) is 2.15. The molecule has 0 aliphatic heterocycles. The summed E-state index contributed by atoms with van der Waals surface area (Å²) >= 11 is 0. The normalized spacial score (nSPS) is 18.0. The topological polar surface area (TPSA) is 74.9 Å². The third-order valence-electron chi connectivity index (χ3n) is 3.96. The van der Waals surface area contributed by atoms with Crippen LogP contribution in [-0.2, 0) is 11.3 Å². The van der Waals surface area contributed by atoms with Gasteiger partial charge in [0.1, 0.15) is 19.3 Å². The highest BCUT2D eigenvalue weighted by Crippen LogP contribution is 2.32. The molecule has 5 heteroatoms. The second-order valence-electron chi connectivity index (χ2n) is 5.31. The first-order valence-corrected chi connectivity index (χ1v) is 7.20. The van der Waals surface area contributed by atoms with Gasteiger partial charge < -0.3 is 15.1 Å². The maximum absolute atomic E-state index is 10.4. The third-order valence-corrected chi connectivity index (χ3v) is 3.96. The Kier molecular flexibility index (Phi) is 4.18. The van der Waals surface area contributed by atoms with Crippen LogP contribution in [0.2, 0.25) is 0 Å². The van der Waals surface area contributed by atoms with Crippen molar-refractivity contribution in [2.24, 2.45) is 5.16 Å². The number of nitrogens with zero attached hydrogens (tertiary/aromatic N) is 2. The van der Waals surface area contributed by atoms with Crippen LogP contribution < -0.4 is 0 Å². The molecule has 2 atom stereocenters. The molecule has 3 rings (SSSR count). The van der Waals surface area contributed by atoms with E-state index in [1.54, 1.807) is 24.5 Å². The molecule has 0 radical (unpaired) electrons. The predicted molar refractivity (Wildman–Crippen MR) is 82.5 cm³/mol. The summed E-state index contributed by atoms with van der Waals surface area (Å²) in [6.45, 7) is 0. The molecule has 22 heavy (non-hydrogen) atoms. The number of aliphatic hydroxyl groups excluding tert-OH is 2. The molecule has 114 valence electrons. The van der Waals surface area contributed by atoms with Gasteiger partial charge >= 0.3 is 0 Å². The van der Waals surface area contributed by atoms with Gasteiger partial charge in [0.15, 0.2) is 0 Å². The van der Waals surface area contributed by atoms with Crippen molar-refractivity contribution in [3.63, 3.8) is 0 Å². The van der Waals surface area contributed by atoms with Crippen LogP contribution >= 0.6 is 0 Å². The molecule has 1 aromatic heterocycles. The highest BCUT2D eigenvalue weighted by Gasteiger charge is 2.24. The van der Waals surface area contributed by atoms with E-state index in [0.717, 1.165) is 29.7 Å². The van der Waals surface area contributed by atoms with Crippen LogP contribution in [-0.4, -0.2) is 28.0 Å². The summed E-state index contributed by atoms with van der Waals surface area (Å²) < 4.78 is 0. The van der Waals surface area contributed by atoms with Gasteiger partial charge in [-0.2, -0.15) is 0 Å². The van der Waals surface area contributed by atoms with Crippen LogP contribution in [0.15, 0.2) is 47.9 Å². The molecule has 0 bridgehead atoms. The first kappa shape index (κ1) is 14.7. The van der Waals surface area contributed by atoms with Gasteiger partial charge in [0, 0.05) is 18.0 Å². The molecule has 0 spiro atoms. The molecule has 2 aromatic rings. The average molecular weight is 298 g/mol. The molecule has 1 aliphatic rings. The Bertz CT molecular complexity index is 686. The number of aryl methyl sites for hydroxylation is 1. The molecule has 0 saturated carbocycles. The number of oxime groups is 1. The van der Waals surface area contributed by atoms with E-state index in [-0.39, 0.29) is 0 Å². The Hall–Kier alpha value is -2.24. The summed E-state index contributed by atoms with van der Waals surface area (Å²) in [5.41, 5.74) is 4.44. The van der Waals surface area contributed by atoms with Crippen molar-refractivity contribution in [2.45, 2.75) is 25.0 Å². The van der Waals surface area contributed by atoms with Crippen molar-refractivity contribution in [3.8, 4) is 0 Å². The van der Waals surface area contributed by atoms with Gasteiger partial charge in [-0.3, -0.25) is 4.98 Å². The Labute approximate surface area is 128 Å². The standard InChI is InChI=1S/C17H18N2O3/c1-22-19-15-5-3-12-10-13(2-4-14(12)15)17(21)16(20)11-6-8-18-9-7-11/h2,4,6-10,16-17,20-21H,3,5H2,1H3/t16-,17-/m0/s1. The fourth-order valence-corrected chi connectivity index (χ4v) is 2.80. The SMILES string of the molecule is CON=C1CCc2cc([C@H](O)[C@@H](O)c3ccncc3)ccc21. The summed E-state index contributed by atoms with van der Waals surface area (Å²) in [7, 11) is 1.54. The summed E-state index contributed by atoms with van der Waals surface area (Å²) in [6, 6.07) is 9.08. The van der Waals surface area contributed by atoms with E-state index >= 15 is 0 Å². The molecule has 1 heterocycles. The highest BCUT2D eigenvalue weighted by molar-refractivity contribution is 6.04. The Morgan fingerprint density at radius 3 is 2.50 bits per heavy atom. The van der Waals surface area contributed by atoms with Crippen LogP contribution in [0.5, 0.6) is 0 Å². The number of aliphatic hydroxyl groups is 2. The van der Waals surface area contributed by atoms with E-state index in [4.69, 9.17) is 4.84 Å². The fraction of sp³-hybridized carbons (Fsp3) is 0.294. The minimum atomic E-state index is -0.977. The first-order chi connectivity index (χ1) is 10.7. The number of benzene rings is 1. The van der Waals surface area contributed by atoms with Crippen molar-refractivity contribution in [2.75, 3.05) is 7.11 Å². The van der Waals surface area contributed by atoms with Crippen LogP contribution in [0.3, 0.4) is 0 Å². The molecule has 1 aliphatic carbocycles. The second-order valence-corrected chi connectivity index (χ2v) is 5.31. The maximum Gasteiger partial charge on any atom is 0.109 e. The highest BCUT2D eigenvalue weighted by atomic mass is 16.6. The van der Waals surface area contributed by atoms with Crippen molar-refractivity contribution in [3.05, 3.63) is 65.0 Å². The average Bonchev–Trinajstić information content (AvgIpc) is 2.97. The Balaban J connectivity index is 1.86. The number of rotatable bonds is 4. The van der Waals surface area contributed by atoms with Crippen LogP contribution in [0.1, 0.15) is 40.9 Å². The zero-order chi connectivity index (χ0) is 15.5. The molecule has 2 N–H and O–H groups in total. The smallest absolute Gasteiger partial charge is 0.109 e. The van der Waals surface area contributed by atoms with Crippen LogP contribution in [0, 0.1) is 0 Å². The molecule has 0 saturated heterocycles. The van der Waals surface area contributed by atoms with E-state index in [0.29, 0.717) is 11.1 Å². The van der Waals surface area contributed by atoms with Gasteiger partial charge in [0.25, 0.3) is 0 Å². The summed E-state index contributed by atoms with van der Waals surface area (Å²) in [5.74, 6) is 0. The van der Waals surface area contributed by atoms with Crippen molar-refractivity contribution < 1.29 is 15.1 Å². The number of hydrogen-bond acceptors (Lipinski definition) is 5. The van der Waals surface area contributed by atoms with Crippen molar-refractivity contribution in [1.29, 1.82) is 0 Å². The quantitative estimate of drug-likeness (QED) is 0.848. The van der Waals surface area contributed by atoms with Gasteiger partial charge in [-0.1, -0.05) is 23.4 Å². The lowest BCUT2D eigenvalue weighted by atomic mass is 9.96. The summed E-state index contributed by atoms with van der Waals surface area (Å²) in [5, 5.41) is 24.7. The van der Waals surface area contributed by atoms with Gasteiger partial charge in [-0.25, -0.2) is 0 Å². The minimum absolute atomic E-state index is 0.643. The zero-order valence-corrected chi connectivity index (χ0v) is 12.3. The summed E-state index contributed by atoms with van der Waals surface area (Å²) in [4.78, 5) is 8.76. The van der Waals surface area contributed by atoms with E-state index in [1.165, 1.54) is 7.11 Å². The summed E-state index contributed by atoms with van der Waals surface area (Å²) in [6.07, 6.45) is 2.94. The van der Waals surface area contributed by atoms with Gasteiger partial charge in [0.2, 0.25) is 0 Å². The van der Waals surface area contributed by atoms with Crippen LogP contribution in [0.25, 0.3) is 0 Å². The lowest BCUT2D eigenvalue weighted by Gasteiger charge is -2.19. The molecule has 0 fully saturated rings. The Morgan fingerprint density at radius 1 is 1.05 bits per heavy atom. The van der Waals surface area contributed by atoms with Gasteiger partial charge in [-0.15, -0.1) is 0 Å². The molecule has 0 unspecified atom stereocenters. The Morgan fingerprint density at radius 2 is 1.77 bits per heavy atom. The zero-order valence-electron chi connectivity index (χ0n) is 12.3. The van der Waals surface area contributed by atoms with Gasteiger partial charge in [-0.05, 0) is 41.7 Å². The van der Waals surface area contributed by atoms with E-state index < -0.39 is 12.2 Å². The van der Waals surface area contributed by atoms with Crippen molar-refractivity contribution >= 4 is 5.71 Å². The van der Waals surface area contributed by atoms with Crippen molar-refractivity contribution in [1.82, 2.24) is 4.98 Å². The lowest BCUT2D eigenvalue weighted by Crippen LogP contribution is -2.11. The monoisotopic (exact) mass is 298 g/mol. The van der Waals surface area contributed by atoms with E-state index in [9.17, 15) is 10.2 Å². The number of hydrogen-bond donors (Lipinski definition) is 2. The number of pyridine rings is 1. The largest absolute Gasteiger partial charge is 0.399 e. The molecular formula is C17H18N2O3. The number of fused-ring (bicyclic) bond motifs is 1.